The summed E-state index contributed by atoms with van der Waals surface area (Å²) in [5.74, 6) is 1.01. The lowest BCUT2D eigenvalue weighted by Crippen LogP contribution is -2.44. The molecule has 0 N–H and O–H groups in total. The van der Waals surface area contributed by atoms with Crippen molar-refractivity contribution in [2.24, 2.45) is 5.41 Å². The van der Waals surface area contributed by atoms with E-state index in [9.17, 15) is 4.79 Å². The summed E-state index contributed by atoms with van der Waals surface area (Å²) in [6.45, 7) is 4.26. The molecule has 3 fully saturated rings. The van der Waals surface area contributed by atoms with E-state index in [2.05, 4.69) is 26.0 Å². The monoisotopic (exact) mass is 272 g/mol. The quantitative estimate of drug-likeness (QED) is 0.774. The van der Waals surface area contributed by atoms with Crippen molar-refractivity contribution in [1.82, 2.24) is 0 Å². The van der Waals surface area contributed by atoms with Crippen LogP contribution < -0.4 is 4.74 Å². The molecule has 0 amide bonds. The third-order valence-electron chi connectivity index (χ3n) is 5.83. The van der Waals surface area contributed by atoms with Crippen LogP contribution in [0, 0.1) is 19.3 Å². The molecule has 0 radical (unpaired) electrons. The molecule has 0 aliphatic heterocycles. The third kappa shape index (κ3) is 1.88. The van der Waals surface area contributed by atoms with Crippen molar-refractivity contribution in [3.05, 3.63) is 28.8 Å². The van der Waals surface area contributed by atoms with Crippen molar-refractivity contribution < 1.29 is 9.53 Å². The van der Waals surface area contributed by atoms with Crippen LogP contribution in [0.25, 0.3) is 0 Å². The van der Waals surface area contributed by atoms with Gasteiger partial charge in [-0.1, -0.05) is 12.1 Å². The maximum absolute atomic E-state index is 11.4. The van der Waals surface area contributed by atoms with Crippen LogP contribution in [0.3, 0.4) is 0 Å². The largest absolute Gasteiger partial charge is 0.496 e. The minimum atomic E-state index is 0.0122. The highest BCUT2D eigenvalue weighted by molar-refractivity contribution is 5.61. The Morgan fingerprint density at radius 1 is 1.00 bits per heavy atom. The number of ether oxygens (including phenoxy) is 1. The Balaban J connectivity index is 1.97. The first-order valence-corrected chi connectivity index (χ1v) is 7.66. The summed E-state index contributed by atoms with van der Waals surface area (Å²) in [5.41, 5.74) is 4.25. The van der Waals surface area contributed by atoms with E-state index in [1.165, 1.54) is 23.0 Å². The number of carbonyl (C=O) groups excluding carboxylic acids is 1. The van der Waals surface area contributed by atoms with E-state index in [1.54, 1.807) is 7.11 Å². The van der Waals surface area contributed by atoms with Gasteiger partial charge in [0.05, 0.1) is 7.11 Å². The normalized spacial score (nSPS) is 32.1. The van der Waals surface area contributed by atoms with Crippen molar-refractivity contribution in [2.75, 3.05) is 7.11 Å². The molecule has 2 heteroatoms. The lowest BCUT2D eigenvalue weighted by molar-refractivity contribution is -0.122. The third-order valence-corrected chi connectivity index (χ3v) is 5.83. The van der Waals surface area contributed by atoms with Gasteiger partial charge in [-0.15, -0.1) is 0 Å². The fraction of sp³-hybridized carbons (Fsp3) is 0.611. The average Bonchev–Trinajstić information content (AvgIpc) is 2.49. The molecule has 1 aromatic rings. The Bertz CT molecular complexity index is 497. The maximum atomic E-state index is 11.4. The second kappa shape index (κ2) is 4.61. The standard InChI is InChI=1S/C18H24O2/c1-13-10-15(11-14(2)16(13)20-3)18-7-4-17(12-19,5-8-18)6-9-18/h10-12H,4-9H2,1-3H3. The molecule has 0 heterocycles. The second-order valence-corrected chi connectivity index (χ2v) is 6.90. The van der Waals surface area contributed by atoms with E-state index in [0.29, 0.717) is 5.41 Å². The van der Waals surface area contributed by atoms with Crippen LogP contribution in [0.15, 0.2) is 12.1 Å². The van der Waals surface area contributed by atoms with Gasteiger partial charge >= 0.3 is 0 Å². The van der Waals surface area contributed by atoms with Gasteiger partial charge in [0.2, 0.25) is 0 Å². The summed E-state index contributed by atoms with van der Waals surface area (Å²) in [6, 6.07) is 4.62. The fourth-order valence-corrected chi connectivity index (χ4v) is 4.40. The van der Waals surface area contributed by atoms with Gasteiger partial charge in [0.15, 0.2) is 0 Å². The lowest BCUT2D eigenvalue weighted by Gasteiger charge is -2.51. The van der Waals surface area contributed by atoms with Gasteiger partial charge in [-0.05, 0) is 74.5 Å². The van der Waals surface area contributed by atoms with Crippen LogP contribution in [0.1, 0.15) is 55.2 Å². The number of hydrogen-bond donors (Lipinski definition) is 0. The van der Waals surface area contributed by atoms with Crippen LogP contribution in [0.4, 0.5) is 0 Å². The molecule has 2 nitrogen and oxygen atoms in total. The van der Waals surface area contributed by atoms with E-state index in [4.69, 9.17) is 4.74 Å². The van der Waals surface area contributed by atoms with E-state index >= 15 is 0 Å². The van der Waals surface area contributed by atoms with Gasteiger partial charge < -0.3 is 9.53 Å². The number of fused-ring (bicyclic) bond motifs is 3. The maximum Gasteiger partial charge on any atom is 0.126 e. The van der Waals surface area contributed by atoms with Crippen LogP contribution in [-0.2, 0) is 10.2 Å². The van der Waals surface area contributed by atoms with Crippen molar-refractivity contribution in [1.29, 1.82) is 0 Å². The number of methoxy groups -OCH3 is 1. The Morgan fingerprint density at radius 2 is 1.50 bits per heavy atom. The SMILES string of the molecule is COc1c(C)cc(C23CCC(C=O)(CC2)CC3)cc1C. The van der Waals surface area contributed by atoms with Crippen molar-refractivity contribution in [3.63, 3.8) is 0 Å². The van der Waals surface area contributed by atoms with Gasteiger partial charge in [0.25, 0.3) is 0 Å². The topological polar surface area (TPSA) is 26.3 Å². The summed E-state index contributed by atoms with van der Waals surface area (Å²) in [5, 5.41) is 0. The van der Waals surface area contributed by atoms with Crippen LogP contribution in [-0.4, -0.2) is 13.4 Å². The van der Waals surface area contributed by atoms with Crippen molar-refractivity contribution >= 4 is 6.29 Å². The van der Waals surface area contributed by atoms with E-state index in [0.717, 1.165) is 44.3 Å². The highest BCUT2D eigenvalue weighted by atomic mass is 16.5. The molecule has 0 aromatic heterocycles. The first-order valence-electron chi connectivity index (χ1n) is 7.66. The number of rotatable bonds is 3. The molecule has 1 aromatic carbocycles. The highest BCUT2D eigenvalue weighted by Crippen LogP contribution is 2.57. The smallest absolute Gasteiger partial charge is 0.126 e. The highest BCUT2D eigenvalue weighted by Gasteiger charge is 2.49. The molecule has 0 atom stereocenters. The number of carbonyl (C=O) groups is 1. The van der Waals surface area contributed by atoms with Gasteiger partial charge in [0, 0.05) is 5.41 Å². The van der Waals surface area contributed by atoms with Gasteiger partial charge in [0.1, 0.15) is 12.0 Å². The van der Waals surface area contributed by atoms with Crippen LogP contribution in [0.5, 0.6) is 5.75 Å². The molecule has 0 spiro atoms. The molecule has 4 rings (SSSR count). The number of aldehydes is 1. The fourth-order valence-electron chi connectivity index (χ4n) is 4.40. The zero-order chi connectivity index (χ0) is 14.4. The first-order chi connectivity index (χ1) is 9.54. The summed E-state index contributed by atoms with van der Waals surface area (Å²) >= 11 is 0. The molecular weight excluding hydrogens is 248 g/mol. The number of hydrogen-bond acceptors (Lipinski definition) is 2. The molecule has 3 saturated carbocycles. The van der Waals surface area contributed by atoms with E-state index in [1.807, 2.05) is 0 Å². The summed E-state index contributed by atoms with van der Waals surface area (Å²) in [7, 11) is 1.74. The lowest BCUT2D eigenvalue weighted by atomic mass is 9.52. The predicted molar refractivity (Wildman–Crippen MR) is 80.3 cm³/mol. The first kappa shape index (κ1) is 13.7. The Labute approximate surface area is 121 Å². The zero-order valence-electron chi connectivity index (χ0n) is 12.8. The molecule has 3 aliphatic rings. The van der Waals surface area contributed by atoms with E-state index in [-0.39, 0.29) is 5.41 Å². The molecule has 20 heavy (non-hydrogen) atoms. The van der Waals surface area contributed by atoms with Crippen LogP contribution in [0.2, 0.25) is 0 Å². The number of benzene rings is 1. The van der Waals surface area contributed by atoms with Gasteiger partial charge in [-0.2, -0.15) is 0 Å². The Morgan fingerprint density at radius 3 is 1.90 bits per heavy atom. The Hall–Kier alpha value is -1.31. The van der Waals surface area contributed by atoms with Gasteiger partial charge in [-0.3, -0.25) is 0 Å². The van der Waals surface area contributed by atoms with Crippen molar-refractivity contribution in [2.45, 2.75) is 57.8 Å². The Kier molecular flexibility index (Phi) is 3.15. The number of aryl methyl sites for hydroxylation is 2. The van der Waals surface area contributed by atoms with Crippen molar-refractivity contribution in [3.8, 4) is 5.75 Å². The average molecular weight is 272 g/mol. The molecule has 0 unspecified atom stereocenters. The summed E-state index contributed by atoms with van der Waals surface area (Å²) in [4.78, 5) is 11.4. The molecular formula is C18H24O2. The second-order valence-electron chi connectivity index (χ2n) is 6.90. The molecule has 3 aliphatic carbocycles. The molecule has 2 bridgehead atoms. The predicted octanol–water partition coefficient (Wildman–Crippen LogP) is 4.10. The minimum Gasteiger partial charge on any atom is -0.496 e. The summed E-state index contributed by atoms with van der Waals surface area (Å²) < 4.78 is 5.48. The molecule has 108 valence electrons. The minimum absolute atomic E-state index is 0.0122. The van der Waals surface area contributed by atoms with E-state index < -0.39 is 0 Å². The summed E-state index contributed by atoms with van der Waals surface area (Å²) in [6.07, 6.45) is 7.94. The van der Waals surface area contributed by atoms with Crippen LogP contribution >= 0.6 is 0 Å². The van der Waals surface area contributed by atoms with Gasteiger partial charge in [-0.25, -0.2) is 0 Å². The zero-order valence-corrected chi connectivity index (χ0v) is 12.8. The molecule has 0 saturated heterocycles.